The van der Waals surface area contributed by atoms with E-state index in [0.29, 0.717) is 24.1 Å². The maximum Gasteiger partial charge on any atom is 0.293 e. The predicted octanol–water partition coefficient (Wildman–Crippen LogP) is 3.57. The molecule has 2 aromatic rings. The number of anilines is 2. The molecule has 2 aromatic carbocycles. The Bertz CT molecular complexity index is 626. The molecule has 0 aliphatic rings. The summed E-state index contributed by atoms with van der Waals surface area (Å²) in [6, 6.07) is 13.9. The largest absolute Gasteiger partial charge is 0.336 e. The van der Waals surface area contributed by atoms with Crippen LogP contribution in [0.3, 0.4) is 0 Å². The number of nitro groups is 1. The molecule has 0 aliphatic heterocycles. The molecule has 0 fully saturated rings. The van der Waals surface area contributed by atoms with Gasteiger partial charge in [-0.2, -0.15) is 0 Å². The first-order valence-electron chi connectivity index (χ1n) is 6.23. The molecule has 0 amide bonds. The number of benzene rings is 2. The molecule has 0 unspecified atom stereocenters. The Morgan fingerprint density at radius 2 is 1.90 bits per heavy atom. The highest BCUT2D eigenvalue weighted by Crippen LogP contribution is 2.33. The van der Waals surface area contributed by atoms with E-state index in [0.717, 1.165) is 5.69 Å². The van der Waals surface area contributed by atoms with Crippen molar-refractivity contribution < 1.29 is 9.72 Å². The van der Waals surface area contributed by atoms with Gasteiger partial charge in [0.2, 0.25) is 0 Å². The summed E-state index contributed by atoms with van der Waals surface area (Å²) in [4.78, 5) is 23.3. The predicted molar refractivity (Wildman–Crippen MR) is 77.6 cm³/mol. The van der Waals surface area contributed by atoms with Crippen molar-refractivity contribution in [2.24, 2.45) is 0 Å². The van der Waals surface area contributed by atoms with E-state index in [4.69, 9.17) is 0 Å². The van der Waals surface area contributed by atoms with Crippen molar-refractivity contribution >= 4 is 23.3 Å². The molecule has 0 radical (unpaired) electrons. The van der Waals surface area contributed by atoms with Gasteiger partial charge in [0.1, 0.15) is 12.0 Å². The zero-order valence-corrected chi connectivity index (χ0v) is 11.0. The first-order chi connectivity index (χ1) is 9.67. The highest BCUT2D eigenvalue weighted by atomic mass is 16.6. The summed E-state index contributed by atoms with van der Waals surface area (Å²) < 4.78 is 0. The number of carbonyl (C=O) groups is 1. The Hall–Kier alpha value is -2.69. The molecule has 0 saturated heterocycles. The van der Waals surface area contributed by atoms with Crippen LogP contribution >= 0.6 is 0 Å². The minimum atomic E-state index is -0.464. The normalized spacial score (nSPS) is 10.1. The van der Waals surface area contributed by atoms with Crippen LogP contribution < -0.4 is 4.90 Å². The fraction of sp³-hybridized carbons (Fsp3) is 0.133. The van der Waals surface area contributed by atoms with E-state index >= 15 is 0 Å². The summed E-state index contributed by atoms with van der Waals surface area (Å²) in [6.45, 7) is 2.51. The average Bonchev–Trinajstić information content (AvgIpc) is 2.49. The van der Waals surface area contributed by atoms with E-state index in [2.05, 4.69) is 0 Å². The van der Waals surface area contributed by atoms with Crippen LogP contribution in [0.2, 0.25) is 0 Å². The Labute approximate surface area is 116 Å². The summed E-state index contributed by atoms with van der Waals surface area (Å²) in [5.41, 5.74) is 1.58. The Balaban J connectivity index is 2.55. The number of nitro benzene ring substituents is 1. The van der Waals surface area contributed by atoms with Gasteiger partial charge in [-0.05, 0) is 31.2 Å². The molecule has 0 bridgehead atoms. The van der Waals surface area contributed by atoms with E-state index < -0.39 is 4.92 Å². The zero-order chi connectivity index (χ0) is 14.5. The summed E-state index contributed by atoms with van der Waals surface area (Å²) in [5, 5.41) is 11.2. The summed E-state index contributed by atoms with van der Waals surface area (Å²) in [6.07, 6.45) is 0.607. The first kappa shape index (κ1) is 13.7. The van der Waals surface area contributed by atoms with Crippen molar-refractivity contribution in [2.75, 3.05) is 11.4 Å². The van der Waals surface area contributed by atoms with E-state index in [-0.39, 0.29) is 5.69 Å². The van der Waals surface area contributed by atoms with Crippen LogP contribution in [0.4, 0.5) is 17.1 Å². The van der Waals surface area contributed by atoms with Crippen molar-refractivity contribution in [2.45, 2.75) is 6.92 Å². The van der Waals surface area contributed by atoms with Gasteiger partial charge in [-0.15, -0.1) is 0 Å². The molecular weight excluding hydrogens is 256 g/mol. The molecule has 5 nitrogen and oxygen atoms in total. The number of aldehydes is 1. The molecule has 2 rings (SSSR count). The first-order valence-corrected chi connectivity index (χ1v) is 6.23. The van der Waals surface area contributed by atoms with Gasteiger partial charge in [0.05, 0.1) is 4.92 Å². The topological polar surface area (TPSA) is 63.5 Å². The van der Waals surface area contributed by atoms with Crippen LogP contribution in [0.25, 0.3) is 0 Å². The maximum atomic E-state index is 11.2. The van der Waals surface area contributed by atoms with Crippen LogP contribution in [0, 0.1) is 10.1 Å². The van der Waals surface area contributed by atoms with E-state index in [9.17, 15) is 14.9 Å². The number of rotatable bonds is 5. The number of hydrogen-bond donors (Lipinski definition) is 0. The lowest BCUT2D eigenvalue weighted by molar-refractivity contribution is -0.384. The SMILES string of the molecule is CCN(c1ccccc1)c1ccc(C=O)cc1[N+](=O)[O-]. The third-order valence-corrected chi connectivity index (χ3v) is 3.01. The molecule has 0 atom stereocenters. The van der Waals surface area contributed by atoms with E-state index in [1.54, 1.807) is 12.1 Å². The van der Waals surface area contributed by atoms with Gasteiger partial charge >= 0.3 is 0 Å². The molecule has 20 heavy (non-hydrogen) atoms. The lowest BCUT2D eigenvalue weighted by Crippen LogP contribution is -2.17. The smallest absolute Gasteiger partial charge is 0.293 e. The second kappa shape index (κ2) is 5.97. The second-order valence-electron chi connectivity index (χ2n) is 4.20. The van der Waals surface area contributed by atoms with Crippen molar-refractivity contribution in [1.29, 1.82) is 0 Å². The molecule has 0 heterocycles. The fourth-order valence-electron chi connectivity index (χ4n) is 2.09. The van der Waals surface area contributed by atoms with Crippen LogP contribution in [0.15, 0.2) is 48.5 Å². The van der Waals surface area contributed by atoms with Gasteiger partial charge in [-0.1, -0.05) is 18.2 Å². The Kier molecular flexibility index (Phi) is 4.10. The molecule has 0 N–H and O–H groups in total. The molecule has 5 heteroatoms. The number of para-hydroxylation sites is 1. The van der Waals surface area contributed by atoms with E-state index in [1.807, 2.05) is 42.2 Å². The summed E-state index contributed by atoms with van der Waals surface area (Å²) >= 11 is 0. The van der Waals surface area contributed by atoms with Crippen molar-refractivity contribution in [3.05, 3.63) is 64.2 Å². The van der Waals surface area contributed by atoms with Gasteiger partial charge in [0.25, 0.3) is 5.69 Å². The average molecular weight is 270 g/mol. The molecule has 0 saturated carbocycles. The number of carbonyl (C=O) groups excluding carboxylic acids is 1. The van der Waals surface area contributed by atoms with Crippen molar-refractivity contribution in [3.63, 3.8) is 0 Å². The summed E-state index contributed by atoms with van der Waals surface area (Å²) in [7, 11) is 0. The zero-order valence-electron chi connectivity index (χ0n) is 11.0. The molecule has 0 spiro atoms. The monoisotopic (exact) mass is 270 g/mol. The minimum Gasteiger partial charge on any atom is -0.336 e. The molecular formula is C15H14N2O3. The lowest BCUT2D eigenvalue weighted by Gasteiger charge is -2.23. The van der Waals surface area contributed by atoms with Gasteiger partial charge < -0.3 is 4.90 Å². The number of nitrogens with zero attached hydrogens (tertiary/aromatic N) is 2. The summed E-state index contributed by atoms with van der Waals surface area (Å²) in [5.74, 6) is 0. The fourth-order valence-corrected chi connectivity index (χ4v) is 2.09. The number of hydrogen-bond acceptors (Lipinski definition) is 4. The maximum absolute atomic E-state index is 11.2. The Morgan fingerprint density at radius 1 is 1.20 bits per heavy atom. The third kappa shape index (κ3) is 2.66. The quantitative estimate of drug-likeness (QED) is 0.473. The van der Waals surface area contributed by atoms with Crippen molar-refractivity contribution in [1.82, 2.24) is 0 Å². The molecule has 0 aliphatic carbocycles. The molecule has 102 valence electrons. The Morgan fingerprint density at radius 3 is 2.45 bits per heavy atom. The molecule has 0 aromatic heterocycles. The standard InChI is InChI=1S/C15H14N2O3/c1-2-16(13-6-4-3-5-7-13)14-9-8-12(11-18)10-15(14)17(19)20/h3-11H,2H2,1H3. The minimum absolute atomic E-state index is 0.0692. The highest BCUT2D eigenvalue weighted by Gasteiger charge is 2.20. The van der Waals surface area contributed by atoms with Crippen LogP contribution in [-0.2, 0) is 0 Å². The van der Waals surface area contributed by atoms with Crippen LogP contribution in [0.1, 0.15) is 17.3 Å². The van der Waals surface area contributed by atoms with Crippen LogP contribution in [0.5, 0.6) is 0 Å². The van der Waals surface area contributed by atoms with Crippen LogP contribution in [-0.4, -0.2) is 17.8 Å². The van der Waals surface area contributed by atoms with Gasteiger partial charge in [0, 0.05) is 23.9 Å². The second-order valence-corrected chi connectivity index (χ2v) is 4.20. The van der Waals surface area contributed by atoms with Gasteiger partial charge in [-0.3, -0.25) is 14.9 Å². The van der Waals surface area contributed by atoms with E-state index in [1.165, 1.54) is 6.07 Å². The lowest BCUT2D eigenvalue weighted by atomic mass is 10.1. The van der Waals surface area contributed by atoms with Gasteiger partial charge in [-0.25, -0.2) is 0 Å². The third-order valence-electron chi connectivity index (χ3n) is 3.01. The highest BCUT2D eigenvalue weighted by molar-refractivity contribution is 5.81. The van der Waals surface area contributed by atoms with Gasteiger partial charge in [0.15, 0.2) is 0 Å². The van der Waals surface area contributed by atoms with Crippen molar-refractivity contribution in [3.8, 4) is 0 Å².